The summed E-state index contributed by atoms with van der Waals surface area (Å²) in [5.41, 5.74) is 1.83. The summed E-state index contributed by atoms with van der Waals surface area (Å²) in [5, 5.41) is 11.4. The smallest absolute Gasteiger partial charge is 0.253 e. The number of hydrogen-bond acceptors (Lipinski definition) is 3. The SMILES string of the molecule is Cc1ccc(C(=O)N2CCC(C(=O)NCCO)CC2)cc1. The molecule has 0 bridgehead atoms. The predicted molar refractivity (Wildman–Crippen MR) is 79.9 cm³/mol. The summed E-state index contributed by atoms with van der Waals surface area (Å²) in [6, 6.07) is 7.56. The standard InChI is InChI=1S/C16H22N2O3/c1-12-2-4-14(5-3-12)16(21)18-9-6-13(7-10-18)15(20)17-8-11-19/h2-5,13,19H,6-11H2,1H3,(H,17,20). The number of aliphatic hydroxyl groups is 1. The van der Waals surface area contributed by atoms with Crippen LogP contribution in [-0.4, -0.2) is 48.1 Å². The minimum Gasteiger partial charge on any atom is -0.395 e. The molecule has 0 radical (unpaired) electrons. The van der Waals surface area contributed by atoms with Crippen molar-refractivity contribution in [3.05, 3.63) is 35.4 Å². The van der Waals surface area contributed by atoms with E-state index in [0.717, 1.165) is 5.56 Å². The maximum atomic E-state index is 12.4. The summed E-state index contributed by atoms with van der Waals surface area (Å²) < 4.78 is 0. The Hall–Kier alpha value is -1.88. The Morgan fingerprint density at radius 2 is 1.86 bits per heavy atom. The molecule has 0 spiro atoms. The highest BCUT2D eigenvalue weighted by Gasteiger charge is 2.27. The molecule has 1 aliphatic heterocycles. The van der Waals surface area contributed by atoms with Crippen LogP contribution in [0.5, 0.6) is 0 Å². The Morgan fingerprint density at radius 3 is 2.43 bits per heavy atom. The lowest BCUT2D eigenvalue weighted by atomic mass is 9.95. The number of carbonyl (C=O) groups excluding carboxylic acids is 2. The lowest BCUT2D eigenvalue weighted by molar-refractivity contribution is -0.126. The van der Waals surface area contributed by atoms with Gasteiger partial charge in [0.2, 0.25) is 5.91 Å². The van der Waals surface area contributed by atoms with E-state index in [1.165, 1.54) is 0 Å². The van der Waals surface area contributed by atoms with E-state index in [4.69, 9.17) is 5.11 Å². The first-order chi connectivity index (χ1) is 10.1. The van der Waals surface area contributed by atoms with Crippen LogP contribution in [0.2, 0.25) is 0 Å². The Labute approximate surface area is 125 Å². The molecule has 114 valence electrons. The van der Waals surface area contributed by atoms with E-state index in [-0.39, 0.29) is 24.3 Å². The third-order valence-corrected chi connectivity index (χ3v) is 3.86. The summed E-state index contributed by atoms with van der Waals surface area (Å²) in [6.45, 7) is 3.44. The molecule has 21 heavy (non-hydrogen) atoms. The van der Waals surface area contributed by atoms with Crippen molar-refractivity contribution in [2.45, 2.75) is 19.8 Å². The van der Waals surface area contributed by atoms with Crippen LogP contribution in [0.3, 0.4) is 0 Å². The van der Waals surface area contributed by atoms with Crippen molar-refractivity contribution in [1.82, 2.24) is 10.2 Å². The molecule has 2 amide bonds. The zero-order chi connectivity index (χ0) is 15.2. The zero-order valence-corrected chi connectivity index (χ0v) is 12.3. The molecule has 2 rings (SSSR count). The molecule has 2 N–H and O–H groups in total. The third kappa shape index (κ3) is 4.04. The van der Waals surface area contributed by atoms with Gasteiger partial charge in [-0.05, 0) is 31.9 Å². The van der Waals surface area contributed by atoms with E-state index in [2.05, 4.69) is 5.32 Å². The molecule has 5 heteroatoms. The maximum Gasteiger partial charge on any atom is 0.253 e. The molecule has 5 nitrogen and oxygen atoms in total. The molecule has 1 heterocycles. The average molecular weight is 290 g/mol. The summed E-state index contributed by atoms with van der Waals surface area (Å²) in [6.07, 6.45) is 1.35. The van der Waals surface area contributed by atoms with Crippen molar-refractivity contribution in [2.24, 2.45) is 5.92 Å². The van der Waals surface area contributed by atoms with E-state index in [0.29, 0.717) is 38.0 Å². The number of benzene rings is 1. The molecule has 1 aromatic rings. The number of carbonyl (C=O) groups is 2. The molecule has 0 aliphatic carbocycles. The van der Waals surface area contributed by atoms with Gasteiger partial charge in [-0.2, -0.15) is 0 Å². The molecular formula is C16H22N2O3. The quantitative estimate of drug-likeness (QED) is 0.867. The van der Waals surface area contributed by atoms with Gasteiger partial charge >= 0.3 is 0 Å². The van der Waals surface area contributed by atoms with Crippen LogP contribution in [0.4, 0.5) is 0 Å². The third-order valence-electron chi connectivity index (χ3n) is 3.86. The predicted octanol–water partition coefficient (Wildman–Crippen LogP) is 0.956. The van der Waals surface area contributed by atoms with Crippen molar-refractivity contribution >= 4 is 11.8 Å². The number of aliphatic hydroxyl groups excluding tert-OH is 1. The van der Waals surface area contributed by atoms with E-state index < -0.39 is 0 Å². The maximum absolute atomic E-state index is 12.4. The monoisotopic (exact) mass is 290 g/mol. The first kappa shape index (κ1) is 15.5. The van der Waals surface area contributed by atoms with Gasteiger partial charge in [0.25, 0.3) is 5.91 Å². The number of nitrogens with zero attached hydrogens (tertiary/aromatic N) is 1. The Morgan fingerprint density at radius 1 is 1.24 bits per heavy atom. The van der Waals surface area contributed by atoms with Gasteiger partial charge in [-0.15, -0.1) is 0 Å². The van der Waals surface area contributed by atoms with Gasteiger partial charge in [-0.1, -0.05) is 17.7 Å². The second-order valence-electron chi connectivity index (χ2n) is 5.45. The number of amides is 2. The molecular weight excluding hydrogens is 268 g/mol. The van der Waals surface area contributed by atoms with Crippen LogP contribution in [0.15, 0.2) is 24.3 Å². The Bertz CT molecular complexity index is 491. The van der Waals surface area contributed by atoms with E-state index >= 15 is 0 Å². The molecule has 1 aromatic carbocycles. The molecule has 0 unspecified atom stereocenters. The van der Waals surface area contributed by atoms with Crippen LogP contribution < -0.4 is 5.32 Å². The largest absolute Gasteiger partial charge is 0.395 e. The number of likely N-dealkylation sites (tertiary alicyclic amines) is 1. The molecule has 0 aromatic heterocycles. The van der Waals surface area contributed by atoms with Crippen LogP contribution in [0, 0.1) is 12.8 Å². The van der Waals surface area contributed by atoms with E-state index in [1.54, 1.807) is 4.90 Å². The van der Waals surface area contributed by atoms with Crippen molar-refractivity contribution in [3.8, 4) is 0 Å². The molecule has 1 fully saturated rings. The summed E-state index contributed by atoms with van der Waals surface area (Å²) in [7, 11) is 0. The van der Waals surface area contributed by atoms with Crippen LogP contribution >= 0.6 is 0 Å². The molecule has 0 saturated carbocycles. The van der Waals surface area contributed by atoms with E-state index in [9.17, 15) is 9.59 Å². The second kappa shape index (κ2) is 7.22. The van der Waals surface area contributed by atoms with Crippen LogP contribution in [-0.2, 0) is 4.79 Å². The highest BCUT2D eigenvalue weighted by molar-refractivity contribution is 5.94. The second-order valence-corrected chi connectivity index (χ2v) is 5.45. The molecule has 1 aliphatic rings. The van der Waals surface area contributed by atoms with Gasteiger partial charge in [0.15, 0.2) is 0 Å². The van der Waals surface area contributed by atoms with Crippen molar-refractivity contribution in [1.29, 1.82) is 0 Å². The zero-order valence-electron chi connectivity index (χ0n) is 12.3. The lowest BCUT2D eigenvalue weighted by Crippen LogP contribution is -2.43. The number of nitrogens with one attached hydrogen (secondary N) is 1. The number of rotatable bonds is 4. The first-order valence-corrected chi connectivity index (χ1v) is 7.36. The topological polar surface area (TPSA) is 69.6 Å². The first-order valence-electron chi connectivity index (χ1n) is 7.36. The number of aryl methyl sites for hydroxylation is 1. The normalized spacial score (nSPS) is 15.8. The fourth-order valence-corrected chi connectivity index (χ4v) is 2.55. The van der Waals surface area contributed by atoms with Gasteiger partial charge in [-0.3, -0.25) is 9.59 Å². The number of hydrogen-bond donors (Lipinski definition) is 2. The van der Waals surface area contributed by atoms with Gasteiger partial charge in [0, 0.05) is 31.1 Å². The Kier molecular flexibility index (Phi) is 5.33. The Balaban J connectivity index is 1.87. The molecule has 1 saturated heterocycles. The van der Waals surface area contributed by atoms with Gasteiger partial charge in [-0.25, -0.2) is 0 Å². The highest BCUT2D eigenvalue weighted by atomic mass is 16.3. The van der Waals surface area contributed by atoms with Crippen LogP contribution in [0.25, 0.3) is 0 Å². The van der Waals surface area contributed by atoms with Gasteiger partial charge in [0.1, 0.15) is 0 Å². The summed E-state index contributed by atoms with van der Waals surface area (Å²) in [4.78, 5) is 26.0. The minimum absolute atomic E-state index is 0.0218. The fourth-order valence-electron chi connectivity index (χ4n) is 2.55. The highest BCUT2D eigenvalue weighted by Crippen LogP contribution is 2.19. The van der Waals surface area contributed by atoms with Gasteiger partial charge < -0.3 is 15.3 Å². The van der Waals surface area contributed by atoms with E-state index in [1.807, 2.05) is 31.2 Å². The fraction of sp³-hybridized carbons (Fsp3) is 0.500. The van der Waals surface area contributed by atoms with Gasteiger partial charge in [0.05, 0.1) is 6.61 Å². The average Bonchev–Trinajstić information content (AvgIpc) is 2.53. The number of piperidine rings is 1. The van der Waals surface area contributed by atoms with Crippen molar-refractivity contribution in [2.75, 3.05) is 26.2 Å². The van der Waals surface area contributed by atoms with Crippen LogP contribution in [0.1, 0.15) is 28.8 Å². The minimum atomic E-state index is -0.0568. The summed E-state index contributed by atoms with van der Waals surface area (Å²) in [5.74, 6) is -0.0469. The lowest BCUT2D eigenvalue weighted by Gasteiger charge is -2.31. The van der Waals surface area contributed by atoms with Crippen molar-refractivity contribution in [3.63, 3.8) is 0 Å². The van der Waals surface area contributed by atoms with Crippen molar-refractivity contribution < 1.29 is 14.7 Å². The summed E-state index contributed by atoms with van der Waals surface area (Å²) >= 11 is 0. The molecule has 0 atom stereocenters.